The first kappa shape index (κ1) is 13.9. The molecule has 1 aliphatic carbocycles. The number of thiophene rings is 1. The van der Waals surface area contributed by atoms with Crippen molar-refractivity contribution in [2.24, 2.45) is 22.1 Å². The van der Waals surface area contributed by atoms with E-state index >= 15 is 0 Å². The van der Waals surface area contributed by atoms with Crippen LogP contribution in [-0.2, 0) is 11.2 Å². The first-order chi connectivity index (χ1) is 9.59. The maximum Gasteiger partial charge on any atom is 0.188 e. The summed E-state index contributed by atoms with van der Waals surface area (Å²) in [6.07, 6.45) is 2.48. The number of nitrogens with two attached hydrogens (primary N) is 1. The van der Waals surface area contributed by atoms with Gasteiger partial charge in [-0.25, -0.2) is 0 Å². The van der Waals surface area contributed by atoms with Crippen molar-refractivity contribution >= 4 is 17.3 Å². The molecule has 2 fully saturated rings. The number of guanidine groups is 1. The second-order valence-corrected chi connectivity index (χ2v) is 7.32. The van der Waals surface area contributed by atoms with Crippen LogP contribution in [-0.4, -0.2) is 31.3 Å². The van der Waals surface area contributed by atoms with Gasteiger partial charge in [0.25, 0.3) is 0 Å². The molecule has 0 radical (unpaired) electrons. The van der Waals surface area contributed by atoms with Gasteiger partial charge in [-0.2, -0.15) is 0 Å². The smallest absolute Gasteiger partial charge is 0.188 e. The lowest BCUT2D eigenvalue weighted by Crippen LogP contribution is -2.67. The Morgan fingerprint density at radius 1 is 1.60 bits per heavy atom. The van der Waals surface area contributed by atoms with E-state index in [0.29, 0.717) is 24.0 Å². The first-order valence-corrected chi connectivity index (χ1v) is 8.17. The number of nitrogens with zero attached hydrogens (tertiary/aromatic N) is 1. The first-order valence-electron chi connectivity index (χ1n) is 7.29. The minimum Gasteiger partial charge on any atom is -0.377 e. The average Bonchev–Trinajstić information content (AvgIpc) is 3.06. The van der Waals surface area contributed by atoms with Gasteiger partial charge in [0.2, 0.25) is 0 Å². The Morgan fingerprint density at radius 3 is 3.20 bits per heavy atom. The minimum atomic E-state index is 0.148. The summed E-state index contributed by atoms with van der Waals surface area (Å²) in [7, 11) is 0. The summed E-state index contributed by atoms with van der Waals surface area (Å²) in [5.41, 5.74) is 6.18. The Morgan fingerprint density at radius 2 is 2.45 bits per heavy atom. The number of nitrogens with one attached hydrogen (secondary N) is 1. The molecule has 20 heavy (non-hydrogen) atoms. The van der Waals surface area contributed by atoms with Crippen LogP contribution in [0.5, 0.6) is 0 Å². The second kappa shape index (κ2) is 5.37. The van der Waals surface area contributed by atoms with E-state index in [4.69, 9.17) is 10.5 Å². The highest BCUT2D eigenvalue weighted by molar-refractivity contribution is 7.09. The Bertz CT molecular complexity index is 483. The normalized spacial score (nSPS) is 31.7. The van der Waals surface area contributed by atoms with E-state index in [1.165, 1.54) is 4.88 Å². The highest BCUT2D eigenvalue weighted by Gasteiger charge is 2.59. The summed E-state index contributed by atoms with van der Waals surface area (Å²) in [5.74, 6) is 1.17. The van der Waals surface area contributed by atoms with Crippen molar-refractivity contribution < 1.29 is 4.74 Å². The molecule has 3 atom stereocenters. The van der Waals surface area contributed by atoms with Crippen LogP contribution in [0.4, 0.5) is 0 Å². The summed E-state index contributed by atoms with van der Waals surface area (Å²) in [6, 6.07) is 4.60. The molecule has 5 heteroatoms. The van der Waals surface area contributed by atoms with Gasteiger partial charge in [0.15, 0.2) is 5.96 Å². The van der Waals surface area contributed by atoms with Crippen molar-refractivity contribution in [2.45, 2.75) is 38.8 Å². The lowest BCUT2D eigenvalue weighted by molar-refractivity contribution is -0.106. The molecule has 0 aromatic carbocycles. The van der Waals surface area contributed by atoms with Crippen molar-refractivity contribution in [1.29, 1.82) is 0 Å². The molecule has 1 aliphatic heterocycles. The highest BCUT2D eigenvalue weighted by atomic mass is 32.1. The predicted octanol–water partition coefficient (Wildman–Crippen LogP) is 2.01. The van der Waals surface area contributed by atoms with Crippen LogP contribution in [0.15, 0.2) is 22.5 Å². The fraction of sp³-hybridized carbons (Fsp3) is 0.667. The SMILES string of the molecule is CC1(C)C(NC(N)=NCCc2cccs2)C2CCOC21. The van der Waals surface area contributed by atoms with Crippen molar-refractivity contribution in [2.75, 3.05) is 13.2 Å². The van der Waals surface area contributed by atoms with Crippen molar-refractivity contribution in [1.82, 2.24) is 5.32 Å². The fourth-order valence-corrected chi connectivity index (χ4v) is 4.26. The van der Waals surface area contributed by atoms with Crippen LogP contribution in [0.25, 0.3) is 0 Å². The van der Waals surface area contributed by atoms with Crippen LogP contribution in [0.2, 0.25) is 0 Å². The zero-order valence-electron chi connectivity index (χ0n) is 12.1. The van der Waals surface area contributed by atoms with Crippen molar-refractivity contribution in [3.8, 4) is 0 Å². The molecule has 2 heterocycles. The largest absolute Gasteiger partial charge is 0.377 e. The van der Waals surface area contributed by atoms with Gasteiger partial charge in [-0.1, -0.05) is 19.9 Å². The van der Waals surface area contributed by atoms with Crippen LogP contribution in [0.1, 0.15) is 25.1 Å². The fourth-order valence-electron chi connectivity index (χ4n) is 3.56. The van der Waals surface area contributed by atoms with Crippen molar-refractivity contribution in [3.05, 3.63) is 22.4 Å². The number of aliphatic imine (C=N–C) groups is 1. The molecular weight excluding hydrogens is 270 g/mol. The van der Waals surface area contributed by atoms with Gasteiger partial charge >= 0.3 is 0 Å². The monoisotopic (exact) mass is 293 g/mol. The van der Waals surface area contributed by atoms with Crippen molar-refractivity contribution in [3.63, 3.8) is 0 Å². The molecule has 110 valence electrons. The van der Waals surface area contributed by atoms with Crippen LogP contribution >= 0.6 is 11.3 Å². The topological polar surface area (TPSA) is 59.6 Å². The molecule has 0 amide bonds. The van der Waals surface area contributed by atoms with Gasteiger partial charge in [0.1, 0.15) is 0 Å². The Kier molecular flexibility index (Phi) is 3.73. The summed E-state index contributed by atoms with van der Waals surface area (Å²) in [6.45, 7) is 6.12. The molecule has 1 saturated carbocycles. The molecule has 1 aromatic rings. The third kappa shape index (κ3) is 2.44. The zero-order chi connectivity index (χ0) is 14.2. The highest BCUT2D eigenvalue weighted by Crippen LogP contribution is 2.51. The number of hydrogen-bond acceptors (Lipinski definition) is 3. The quantitative estimate of drug-likeness (QED) is 0.659. The van der Waals surface area contributed by atoms with E-state index in [9.17, 15) is 0 Å². The van der Waals surface area contributed by atoms with Crippen LogP contribution < -0.4 is 11.1 Å². The summed E-state index contributed by atoms with van der Waals surface area (Å²) in [4.78, 5) is 5.81. The number of ether oxygens (including phenoxy) is 1. The molecule has 3 N–H and O–H groups in total. The molecule has 2 aliphatic rings. The Labute approximate surface area is 124 Å². The summed E-state index contributed by atoms with van der Waals surface area (Å²) in [5, 5.41) is 5.50. The Hall–Kier alpha value is -1.07. The molecule has 0 spiro atoms. The van der Waals surface area contributed by atoms with E-state index in [1.807, 2.05) is 0 Å². The molecule has 4 nitrogen and oxygen atoms in total. The van der Waals surface area contributed by atoms with E-state index in [2.05, 4.69) is 41.7 Å². The molecule has 1 aromatic heterocycles. The average molecular weight is 293 g/mol. The van der Waals surface area contributed by atoms with Crippen LogP contribution in [0, 0.1) is 11.3 Å². The molecule has 3 rings (SSSR count). The second-order valence-electron chi connectivity index (χ2n) is 6.28. The van der Waals surface area contributed by atoms with E-state index < -0.39 is 0 Å². The summed E-state index contributed by atoms with van der Waals surface area (Å²) < 4.78 is 5.79. The zero-order valence-corrected chi connectivity index (χ0v) is 13.0. The predicted molar refractivity (Wildman–Crippen MR) is 83.1 cm³/mol. The van der Waals surface area contributed by atoms with Gasteiger partial charge in [-0.3, -0.25) is 4.99 Å². The molecule has 1 saturated heterocycles. The molecular formula is C15H23N3OS. The van der Waals surface area contributed by atoms with E-state index in [0.717, 1.165) is 26.0 Å². The lowest BCUT2D eigenvalue weighted by atomic mass is 9.57. The van der Waals surface area contributed by atoms with Gasteiger partial charge in [0.05, 0.1) is 6.10 Å². The van der Waals surface area contributed by atoms with Gasteiger partial charge in [-0.15, -0.1) is 11.3 Å². The standard InChI is InChI=1S/C15H23N3OS/c1-15(2)12(11-6-8-19-13(11)15)18-14(16)17-7-5-10-4-3-9-20-10/h3-4,9,11-13H,5-8H2,1-2H3,(H3,16,17,18). The number of rotatable bonds is 4. The van der Waals surface area contributed by atoms with Crippen LogP contribution in [0.3, 0.4) is 0 Å². The van der Waals surface area contributed by atoms with Gasteiger partial charge in [-0.05, 0) is 17.9 Å². The van der Waals surface area contributed by atoms with Gasteiger partial charge < -0.3 is 15.8 Å². The van der Waals surface area contributed by atoms with E-state index in [1.54, 1.807) is 11.3 Å². The maximum absolute atomic E-state index is 6.03. The molecule has 0 bridgehead atoms. The third-order valence-electron chi connectivity index (χ3n) is 4.62. The number of fused-ring (bicyclic) bond motifs is 1. The minimum absolute atomic E-state index is 0.148. The maximum atomic E-state index is 6.03. The lowest BCUT2D eigenvalue weighted by Gasteiger charge is -2.54. The Balaban J connectivity index is 1.52. The van der Waals surface area contributed by atoms with E-state index in [-0.39, 0.29) is 5.41 Å². The third-order valence-corrected chi connectivity index (χ3v) is 5.56. The number of hydrogen-bond donors (Lipinski definition) is 2. The summed E-state index contributed by atoms with van der Waals surface area (Å²) >= 11 is 1.77. The van der Waals surface area contributed by atoms with Gasteiger partial charge in [0, 0.05) is 41.8 Å². The molecule has 3 unspecified atom stereocenters.